The van der Waals surface area contributed by atoms with Crippen LogP contribution < -0.4 is 0 Å². The zero-order valence-corrected chi connectivity index (χ0v) is 15.3. The molecule has 1 aliphatic heterocycles. The summed E-state index contributed by atoms with van der Waals surface area (Å²) in [6.45, 7) is 6.57. The van der Waals surface area contributed by atoms with Gasteiger partial charge in [0.25, 0.3) is 0 Å². The van der Waals surface area contributed by atoms with Crippen molar-refractivity contribution >= 4 is 39.7 Å². The highest BCUT2D eigenvalue weighted by Crippen LogP contribution is 2.28. The third-order valence-corrected chi connectivity index (χ3v) is 5.66. The Morgan fingerprint density at radius 1 is 1.24 bits per heavy atom. The molecule has 1 fully saturated rings. The molecule has 0 saturated carbocycles. The molecule has 25 heavy (non-hydrogen) atoms. The molecule has 1 saturated heterocycles. The van der Waals surface area contributed by atoms with Gasteiger partial charge in [0.15, 0.2) is 5.65 Å². The van der Waals surface area contributed by atoms with Crippen molar-refractivity contribution in [1.29, 1.82) is 0 Å². The molecule has 3 heterocycles. The van der Waals surface area contributed by atoms with Crippen molar-refractivity contribution in [2.75, 3.05) is 13.1 Å². The van der Waals surface area contributed by atoms with E-state index in [9.17, 15) is 4.79 Å². The normalized spacial score (nSPS) is 16.0. The lowest BCUT2D eigenvalue weighted by atomic mass is 10.2. The van der Waals surface area contributed by atoms with Crippen molar-refractivity contribution in [3.05, 3.63) is 24.3 Å². The summed E-state index contributed by atoms with van der Waals surface area (Å²) >= 11 is 1.39. The van der Waals surface area contributed by atoms with Crippen LogP contribution in [0.3, 0.4) is 0 Å². The van der Waals surface area contributed by atoms with Gasteiger partial charge in [-0.3, -0.25) is 4.79 Å². The van der Waals surface area contributed by atoms with E-state index in [4.69, 9.17) is 4.98 Å². The first-order valence-electron chi connectivity index (χ1n) is 8.76. The lowest BCUT2D eigenvalue weighted by Gasteiger charge is -2.19. The number of carbonyl (C=O) groups is 1. The van der Waals surface area contributed by atoms with Crippen molar-refractivity contribution in [2.45, 2.75) is 43.6 Å². The number of para-hydroxylation sites is 1. The Hall–Kier alpha value is -2.15. The maximum absolute atomic E-state index is 12.5. The van der Waals surface area contributed by atoms with Crippen LogP contribution >= 0.6 is 11.8 Å². The molecule has 0 bridgehead atoms. The Morgan fingerprint density at radius 3 is 2.76 bits per heavy atom. The Balaban J connectivity index is 1.66. The molecule has 0 aliphatic carbocycles. The summed E-state index contributed by atoms with van der Waals surface area (Å²) in [5.74, 6) is 0.169. The third-order valence-electron chi connectivity index (χ3n) is 4.72. The van der Waals surface area contributed by atoms with E-state index >= 15 is 0 Å². The Kier molecular flexibility index (Phi) is 4.33. The minimum absolute atomic E-state index is 0.169. The van der Waals surface area contributed by atoms with Gasteiger partial charge in [0.2, 0.25) is 11.1 Å². The quantitative estimate of drug-likeness (QED) is 0.673. The van der Waals surface area contributed by atoms with E-state index in [0.29, 0.717) is 5.16 Å². The Labute approximate surface area is 150 Å². The van der Waals surface area contributed by atoms with E-state index in [1.54, 1.807) is 0 Å². The first-order chi connectivity index (χ1) is 12.2. The molecule has 1 atom stereocenters. The maximum atomic E-state index is 12.5. The zero-order chi connectivity index (χ0) is 17.4. The van der Waals surface area contributed by atoms with Gasteiger partial charge in [-0.25, -0.2) is 4.98 Å². The predicted molar refractivity (Wildman–Crippen MR) is 99.6 cm³/mol. The highest BCUT2D eigenvalue weighted by atomic mass is 32.2. The van der Waals surface area contributed by atoms with E-state index in [-0.39, 0.29) is 11.2 Å². The lowest BCUT2D eigenvalue weighted by molar-refractivity contribution is -0.129. The van der Waals surface area contributed by atoms with E-state index < -0.39 is 0 Å². The summed E-state index contributed by atoms with van der Waals surface area (Å²) in [5.41, 5.74) is 2.77. The van der Waals surface area contributed by atoms with Crippen LogP contribution in [0, 0.1) is 0 Å². The Morgan fingerprint density at radius 2 is 2.00 bits per heavy atom. The topological polar surface area (TPSA) is 63.9 Å². The van der Waals surface area contributed by atoms with Crippen LogP contribution in [0.25, 0.3) is 22.1 Å². The smallest absolute Gasteiger partial charge is 0.235 e. The monoisotopic (exact) mass is 355 g/mol. The van der Waals surface area contributed by atoms with Gasteiger partial charge >= 0.3 is 0 Å². The summed E-state index contributed by atoms with van der Waals surface area (Å²) in [6.07, 6.45) is 2.20. The van der Waals surface area contributed by atoms with Crippen molar-refractivity contribution in [2.24, 2.45) is 0 Å². The molecule has 4 rings (SSSR count). The number of thioether (sulfide) groups is 1. The summed E-state index contributed by atoms with van der Waals surface area (Å²) in [6, 6.07) is 8.15. The van der Waals surface area contributed by atoms with Gasteiger partial charge in [0.05, 0.1) is 10.8 Å². The molecular formula is C18H21N5OS. The number of rotatable bonds is 4. The summed E-state index contributed by atoms with van der Waals surface area (Å²) in [7, 11) is 0. The second-order valence-corrected chi connectivity index (χ2v) is 7.63. The molecule has 6 nitrogen and oxygen atoms in total. The number of aromatic nitrogens is 4. The van der Waals surface area contributed by atoms with Crippen LogP contribution in [-0.2, 0) is 11.3 Å². The van der Waals surface area contributed by atoms with E-state index in [1.165, 1.54) is 11.8 Å². The number of fused-ring (bicyclic) bond motifs is 3. The van der Waals surface area contributed by atoms with Crippen molar-refractivity contribution in [1.82, 2.24) is 24.6 Å². The molecule has 1 aliphatic rings. The highest BCUT2D eigenvalue weighted by molar-refractivity contribution is 8.00. The van der Waals surface area contributed by atoms with Crippen molar-refractivity contribution in [3.8, 4) is 0 Å². The number of benzene rings is 1. The molecule has 3 aromatic rings. The summed E-state index contributed by atoms with van der Waals surface area (Å²) in [5, 5.41) is 10.1. The molecule has 0 spiro atoms. The second-order valence-electron chi connectivity index (χ2n) is 6.32. The first kappa shape index (κ1) is 16.3. The maximum Gasteiger partial charge on any atom is 0.235 e. The molecule has 0 N–H and O–H groups in total. The summed E-state index contributed by atoms with van der Waals surface area (Å²) < 4.78 is 2.15. The first-order valence-corrected chi connectivity index (χ1v) is 9.64. The summed E-state index contributed by atoms with van der Waals surface area (Å²) in [4.78, 5) is 19.2. The lowest BCUT2D eigenvalue weighted by Crippen LogP contribution is -2.34. The molecule has 130 valence electrons. The van der Waals surface area contributed by atoms with Gasteiger partial charge in [-0.2, -0.15) is 0 Å². The molecule has 0 radical (unpaired) electrons. The van der Waals surface area contributed by atoms with Gasteiger partial charge in [0.1, 0.15) is 5.52 Å². The largest absolute Gasteiger partial charge is 0.342 e. The number of hydrogen-bond donors (Lipinski definition) is 0. The highest BCUT2D eigenvalue weighted by Gasteiger charge is 2.25. The van der Waals surface area contributed by atoms with Gasteiger partial charge in [-0.1, -0.05) is 30.0 Å². The average Bonchev–Trinajstić information content (AvgIpc) is 3.27. The molecule has 7 heteroatoms. The number of hydrogen-bond acceptors (Lipinski definition) is 5. The fourth-order valence-electron chi connectivity index (χ4n) is 3.46. The van der Waals surface area contributed by atoms with Gasteiger partial charge < -0.3 is 9.47 Å². The Bertz CT molecular complexity index is 932. The fraction of sp³-hybridized carbons (Fsp3) is 0.444. The van der Waals surface area contributed by atoms with Gasteiger partial charge in [-0.05, 0) is 32.8 Å². The molecule has 0 unspecified atom stereocenters. The van der Waals surface area contributed by atoms with Crippen molar-refractivity contribution in [3.63, 3.8) is 0 Å². The predicted octanol–water partition coefficient (Wildman–Crippen LogP) is 3.10. The van der Waals surface area contributed by atoms with Crippen LogP contribution in [0.5, 0.6) is 0 Å². The van der Waals surface area contributed by atoms with Crippen LogP contribution in [0.1, 0.15) is 26.7 Å². The van der Waals surface area contributed by atoms with E-state index in [1.807, 2.05) is 30.0 Å². The van der Waals surface area contributed by atoms with E-state index in [0.717, 1.165) is 54.5 Å². The van der Waals surface area contributed by atoms with Gasteiger partial charge in [-0.15, -0.1) is 10.2 Å². The number of nitrogens with zero attached hydrogens (tertiary/aromatic N) is 5. The molecule has 1 aromatic carbocycles. The van der Waals surface area contributed by atoms with Crippen LogP contribution in [-0.4, -0.2) is 48.9 Å². The number of amides is 1. The van der Waals surface area contributed by atoms with Crippen LogP contribution in [0.15, 0.2) is 29.4 Å². The molecule has 2 aromatic heterocycles. The number of carbonyl (C=O) groups excluding carboxylic acids is 1. The van der Waals surface area contributed by atoms with Crippen LogP contribution in [0.2, 0.25) is 0 Å². The standard InChI is InChI=1S/C18H21N5OS/c1-3-23-14-9-5-4-8-13(14)15-16(23)19-18(21-20-15)25-12(2)17(24)22-10-6-7-11-22/h4-5,8-9,12H,3,6-7,10-11H2,1-2H3/t12-/m1/s1. The SMILES string of the molecule is CCn1c2ccccc2c2nnc(S[C@H](C)C(=O)N3CCCC3)nc21. The third kappa shape index (κ3) is 2.86. The molecule has 1 amide bonds. The van der Waals surface area contributed by atoms with Crippen LogP contribution in [0.4, 0.5) is 0 Å². The van der Waals surface area contributed by atoms with Gasteiger partial charge in [0, 0.05) is 25.0 Å². The number of aryl methyl sites for hydroxylation is 1. The minimum atomic E-state index is -0.197. The fourth-order valence-corrected chi connectivity index (χ4v) is 4.26. The zero-order valence-electron chi connectivity index (χ0n) is 14.5. The van der Waals surface area contributed by atoms with E-state index in [2.05, 4.69) is 27.8 Å². The van der Waals surface area contributed by atoms with Crippen molar-refractivity contribution < 1.29 is 4.79 Å². The number of likely N-dealkylation sites (tertiary alicyclic amines) is 1. The average molecular weight is 355 g/mol. The minimum Gasteiger partial charge on any atom is -0.342 e. The molecular weight excluding hydrogens is 334 g/mol. The second kappa shape index (κ2) is 6.63.